The molecule has 1 saturated heterocycles. The molecule has 0 radical (unpaired) electrons. The van der Waals surface area contributed by atoms with Crippen molar-refractivity contribution in [3.8, 4) is 11.8 Å². The monoisotopic (exact) mass is 389 g/mol. The van der Waals surface area contributed by atoms with Gasteiger partial charge in [0.25, 0.3) is 5.91 Å². The third-order valence-electron chi connectivity index (χ3n) is 5.03. The number of amides is 4. The highest BCUT2D eigenvalue weighted by molar-refractivity contribution is 6.10. The molecule has 2 N–H and O–H groups in total. The first kappa shape index (κ1) is 20.2. The zero-order valence-electron chi connectivity index (χ0n) is 16.5. The van der Waals surface area contributed by atoms with Gasteiger partial charge in [0.05, 0.1) is 0 Å². The first-order chi connectivity index (χ1) is 14.0. The Balaban J connectivity index is 1.67. The number of hydrogen-bond donors (Lipinski definition) is 2. The number of imide groups is 1. The van der Waals surface area contributed by atoms with Crippen molar-refractivity contribution in [2.75, 3.05) is 11.9 Å². The molecule has 2 aromatic rings. The molecule has 3 rings (SSSR count). The summed E-state index contributed by atoms with van der Waals surface area (Å²) in [6, 6.07) is 16.2. The summed E-state index contributed by atoms with van der Waals surface area (Å²) >= 11 is 0. The number of anilines is 1. The van der Waals surface area contributed by atoms with Gasteiger partial charge in [-0.1, -0.05) is 50.0 Å². The van der Waals surface area contributed by atoms with Gasteiger partial charge in [0, 0.05) is 16.8 Å². The SMILES string of the molecule is CCC1(CC)NC(=O)N(CC(=O)Nc2cccc(C#Cc3ccccc3)c2)C1=O. The van der Waals surface area contributed by atoms with Crippen LogP contribution in [-0.2, 0) is 9.59 Å². The zero-order chi connectivity index (χ0) is 20.9. The van der Waals surface area contributed by atoms with Crippen molar-refractivity contribution in [3.63, 3.8) is 0 Å². The van der Waals surface area contributed by atoms with Crippen LogP contribution in [0.25, 0.3) is 0 Å². The number of nitrogens with zero attached hydrogens (tertiary/aromatic N) is 1. The first-order valence-corrected chi connectivity index (χ1v) is 9.58. The van der Waals surface area contributed by atoms with Gasteiger partial charge in [0.1, 0.15) is 12.1 Å². The standard InChI is InChI=1S/C23H23N3O3/c1-3-23(4-2)21(28)26(22(29)25-23)16-20(27)24-19-12-8-11-18(15-19)14-13-17-9-6-5-7-10-17/h5-12,15H,3-4,16H2,1-2H3,(H,24,27)(H,25,29). The molecule has 6 nitrogen and oxygen atoms in total. The van der Waals surface area contributed by atoms with Crippen molar-refractivity contribution in [2.45, 2.75) is 32.2 Å². The van der Waals surface area contributed by atoms with E-state index in [1.165, 1.54) is 0 Å². The summed E-state index contributed by atoms with van der Waals surface area (Å²) in [4.78, 5) is 38.2. The maximum absolute atomic E-state index is 12.6. The number of carbonyl (C=O) groups excluding carboxylic acids is 3. The Morgan fingerprint density at radius 1 is 1.00 bits per heavy atom. The van der Waals surface area contributed by atoms with Gasteiger partial charge in [-0.15, -0.1) is 0 Å². The molecular weight excluding hydrogens is 366 g/mol. The molecule has 0 atom stereocenters. The van der Waals surface area contributed by atoms with Crippen molar-refractivity contribution >= 4 is 23.5 Å². The molecule has 0 aliphatic carbocycles. The van der Waals surface area contributed by atoms with E-state index in [1.54, 1.807) is 18.2 Å². The highest BCUT2D eigenvalue weighted by Gasteiger charge is 2.49. The van der Waals surface area contributed by atoms with Crippen LogP contribution in [0.15, 0.2) is 54.6 Å². The van der Waals surface area contributed by atoms with Crippen molar-refractivity contribution in [2.24, 2.45) is 0 Å². The van der Waals surface area contributed by atoms with Crippen LogP contribution in [0, 0.1) is 11.8 Å². The van der Waals surface area contributed by atoms with Gasteiger partial charge in [-0.2, -0.15) is 0 Å². The Labute approximate surface area is 170 Å². The molecule has 1 heterocycles. The molecule has 1 aliphatic heterocycles. The van der Waals surface area contributed by atoms with E-state index in [0.717, 1.165) is 16.0 Å². The predicted molar refractivity (Wildman–Crippen MR) is 111 cm³/mol. The summed E-state index contributed by atoms with van der Waals surface area (Å²) in [5, 5.41) is 5.45. The average Bonchev–Trinajstić information content (AvgIpc) is 2.98. The van der Waals surface area contributed by atoms with E-state index in [-0.39, 0.29) is 12.5 Å². The number of nitrogens with one attached hydrogen (secondary N) is 2. The van der Waals surface area contributed by atoms with E-state index in [4.69, 9.17) is 0 Å². The van der Waals surface area contributed by atoms with Crippen LogP contribution in [0.2, 0.25) is 0 Å². The highest BCUT2D eigenvalue weighted by Crippen LogP contribution is 2.24. The second kappa shape index (κ2) is 8.61. The Kier molecular flexibility index (Phi) is 5.99. The second-order valence-corrected chi connectivity index (χ2v) is 6.86. The molecule has 0 bridgehead atoms. The fourth-order valence-electron chi connectivity index (χ4n) is 3.23. The van der Waals surface area contributed by atoms with E-state index in [1.807, 2.05) is 50.2 Å². The van der Waals surface area contributed by atoms with Gasteiger partial charge in [-0.25, -0.2) is 4.79 Å². The van der Waals surface area contributed by atoms with Crippen molar-refractivity contribution in [1.29, 1.82) is 0 Å². The topological polar surface area (TPSA) is 78.5 Å². The maximum Gasteiger partial charge on any atom is 0.325 e. The first-order valence-electron chi connectivity index (χ1n) is 9.58. The minimum absolute atomic E-state index is 0.327. The Bertz CT molecular complexity index is 985. The van der Waals surface area contributed by atoms with E-state index >= 15 is 0 Å². The lowest BCUT2D eigenvalue weighted by molar-refractivity contribution is -0.134. The van der Waals surface area contributed by atoms with Gasteiger partial charge in [0.2, 0.25) is 5.91 Å². The van der Waals surface area contributed by atoms with Crippen molar-refractivity contribution in [3.05, 3.63) is 65.7 Å². The molecular formula is C23H23N3O3. The zero-order valence-corrected chi connectivity index (χ0v) is 16.5. The van der Waals surface area contributed by atoms with Crippen LogP contribution in [0.5, 0.6) is 0 Å². The summed E-state index contributed by atoms with van der Waals surface area (Å²) in [6.45, 7) is 3.35. The molecule has 29 heavy (non-hydrogen) atoms. The summed E-state index contributed by atoms with van der Waals surface area (Å²) in [5.74, 6) is 5.33. The van der Waals surface area contributed by atoms with E-state index in [0.29, 0.717) is 18.5 Å². The minimum Gasteiger partial charge on any atom is -0.324 e. The molecule has 0 spiro atoms. The summed E-state index contributed by atoms with van der Waals surface area (Å²) < 4.78 is 0. The third-order valence-corrected chi connectivity index (χ3v) is 5.03. The smallest absolute Gasteiger partial charge is 0.324 e. The van der Waals surface area contributed by atoms with E-state index < -0.39 is 17.5 Å². The molecule has 148 valence electrons. The van der Waals surface area contributed by atoms with Gasteiger partial charge >= 0.3 is 6.03 Å². The lowest BCUT2D eigenvalue weighted by atomic mass is 9.93. The van der Waals surface area contributed by atoms with Crippen LogP contribution in [0.1, 0.15) is 37.8 Å². The molecule has 0 unspecified atom stereocenters. The van der Waals surface area contributed by atoms with Crippen LogP contribution >= 0.6 is 0 Å². The van der Waals surface area contributed by atoms with Gasteiger partial charge in [0.15, 0.2) is 0 Å². The molecule has 4 amide bonds. The Morgan fingerprint density at radius 3 is 2.31 bits per heavy atom. The number of urea groups is 1. The maximum atomic E-state index is 12.6. The highest BCUT2D eigenvalue weighted by atomic mass is 16.2. The van der Waals surface area contributed by atoms with Crippen molar-refractivity contribution in [1.82, 2.24) is 10.2 Å². The van der Waals surface area contributed by atoms with Crippen LogP contribution in [-0.4, -0.2) is 34.8 Å². The third kappa shape index (κ3) is 4.46. The lowest BCUT2D eigenvalue weighted by Crippen LogP contribution is -2.46. The summed E-state index contributed by atoms with van der Waals surface area (Å²) in [7, 11) is 0. The molecule has 1 aliphatic rings. The summed E-state index contributed by atoms with van der Waals surface area (Å²) in [6.07, 6.45) is 0.961. The molecule has 0 saturated carbocycles. The Hall–Kier alpha value is -3.59. The van der Waals surface area contributed by atoms with Crippen LogP contribution in [0.3, 0.4) is 0 Å². The molecule has 1 fully saturated rings. The fraction of sp³-hybridized carbons (Fsp3) is 0.261. The van der Waals surface area contributed by atoms with Crippen LogP contribution < -0.4 is 10.6 Å². The number of rotatable bonds is 5. The normalized spacial score (nSPS) is 14.8. The average molecular weight is 389 g/mol. The number of carbonyl (C=O) groups is 3. The number of benzene rings is 2. The molecule has 0 aromatic heterocycles. The molecule has 2 aromatic carbocycles. The Morgan fingerprint density at radius 2 is 1.66 bits per heavy atom. The lowest BCUT2D eigenvalue weighted by Gasteiger charge is -2.23. The van der Waals surface area contributed by atoms with E-state index in [9.17, 15) is 14.4 Å². The second-order valence-electron chi connectivity index (χ2n) is 6.86. The van der Waals surface area contributed by atoms with E-state index in [2.05, 4.69) is 22.5 Å². The predicted octanol–water partition coefficient (Wildman–Crippen LogP) is 3.14. The van der Waals surface area contributed by atoms with Crippen LogP contribution in [0.4, 0.5) is 10.5 Å². The van der Waals surface area contributed by atoms with Crippen molar-refractivity contribution < 1.29 is 14.4 Å². The number of hydrogen-bond acceptors (Lipinski definition) is 3. The van der Waals surface area contributed by atoms with Gasteiger partial charge in [-0.05, 0) is 43.2 Å². The molecule has 6 heteroatoms. The van der Waals surface area contributed by atoms with Gasteiger partial charge < -0.3 is 10.6 Å². The van der Waals surface area contributed by atoms with Gasteiger partial charge in [-0.3, -0.25) is 14.5 Å². The quantitative estimate of drug-likeness (QED) is 0.609. The summed E-state index contributed by atoms with van der Waals surface area (Å²) in [5.41, 5.74) is 1.29. The fourth-order valence-corrected chi connectivity index (χ4v) is 3.23. The largest absolute Gasteiger partial charge is 0.325 e. The minimum atomic E-state index is -0.912.